The molecule has 2 N–H and O–H groups in total. The number of rotatable bonds is 10. The number of benzene rings is 2. The largest absolute Gasteiger partial charge is 0.497 e. The van der Waals surface area contributed by atoms with E-state index in [1.807, 2.05) is 68.0 Å². The molecule has 9 nitrogen and oxygen atoms in total. The third-order valence-electron chi connectivity index (χ3n) is 7.84. The van der Waals surface area contributed by atoms with Gasteiger partial charge in [-0.3, -0.25) is 9.67 Å². The molecule has 1 aliphatic rings. The van der Waals surface area contributed by atoms with Gasteiger partial charge in [-0.1, -0.05) is 54.0 Å². The Kier molecular flexibility index (Phi) is 9.20. The first-order chi connectivity index (χ1) is 22.5. The number of pyridine rings is 1. The molecule has 244 valence electrons. The van der Waals surface area contributed by atoms with Crippen molar-refractivity contribution < 1.29 is 18.7 Å². The third-order valence-corrected chi connectivity index (χ3v) is 9.20. The van der Waals surface area contributed by atoms with E-state index in [9.17, 15) is 9.18 Å². The van der Waals surface area contributed by atoms with Gasteiger partial charge in [-0.25, -0.2) is 19.1 Å². The van der Waals surface area contributed by atoms with Crippen molar-refractivity contribution in [3.05, 3.63) is 95.4 Å². The molecule has 47 heavy (non-hydrogen) atoms. The summed E-state index contributed by atoms with van der Waals surface area (Å²) >= 11 is 7.41. The number of amides is 1. The van der Waals surface area contributed by atoms with Crippen molar-refractivity contribution in [1.82, 2.24) is 19.7 Å². The second-order valence-electron chi connectivity index (χ2n) is 12.6. The van der Waals surface area contributed by atoms with Crippen LogP contribution in [-0.2, 0) is 11.3 Å². The highest BCUT2D eigenvalue weighted by Gasteiger charge is 2.30. The Bertz CT molecular complexity index is 1870. The van der Waals surface area contributed by atoms with Gasteiger partial charge in [0.2, 0.25) is 0 Å². The van der Waals surface area contributed by atoms with Crippen molar-refractivity contribution in [3.63, 3.8) is 0 Å². The zero-order chi connectivity index (χ0) is 33.3. The summed E-state index contributed by atoms with van der Waals surface area (Å²) in [5.41, 5.74) is 9.09. The van der Waals surface area contributed by atoms with Gasteiger partial charge in [0.15, 0.2) is 10.9 Å². The summed E-state index contributed by atoms with van der Waals surface area (Å²) in [7, 11) is 1.61. The van der Waals surface area contributed by atoms with Crippen LogP contribution in [0.1, 0.15) is 57.3 Å². The quantitative estimate of drug-likeness (QED) is 0.148. The van der Waals surface area contributed by atoms with Gasteiger partial charge < -0.3 is 15.2 Å². The average Bonchev–Trinajstić information content (AvgIpc) is 3.50. The van der Waals surface area contributed by atoms with Gasteiger partial charge >= 0.3 is 6.09 Å². The molecule has 1 saturated carbocycles. The van der Waals surface area contributed by atoms with Crippen LogP contribution in [0, 0.1) is 11.7 Å². The molecule has 5 aromatic rings. The summed E-state index contributed by atoms with van der Waals surface area (Å²) in [6.45, 7) is 5.79. The smallest absolute Gasteiger partial charge is 0.416 e. The maximum absolute atomic E-state index is 14.8. The lowest BCUT2D eigenvalue weighted by molar-refractivity contribution is 0.0577. The molecular weight excluding hydrogens is 639 g/mol. The minimum absolute atomic E-state index is 0.00938. The van der Waals surface area contributed by atoms with Crippen LogP contribution in [0.25, 0.3) is 21.6 Å². The molecule has 1 amide bonds. The van der Waals surface area contributed by atoms with E-state index < -0.39 is 17.5 Å². The molecule has 0 radical (unpaired) electrons. The number of nitrogen functional groups attached to an aromatic ring is 1. The summed E-state index contributed by atoms with van der Waals surface area (Å²) in [6.07, 6.45) is 9.89. The fourth-order valence-electron chi connectivity index (χ4n) is 5.24. The zero-order valence-electron chi connectivity index (χ0n) is 26.6. The van der Waals surface area contributed by atoms with Gasteiger partial charge in [0.25, 0.3) is 0 Å². The Hall–Kier alpha value is -4.48. The predicted molar refractivity (Wildman–Crippen MR) is 183 cm³/mol. The normalized spacial score (nSPS) is 13.7. The number of halogens is 2. The Balaban J connectivity index is 1.26. The summed E-state index contributed by atoms with van der Waals surface area (Å²) in [6, 6.07) is 14.2. The molecular formula is C35H36ClFN6O3S. The zero-order valence-corrected chi connectivity index (χ0v) is 28.2. The number of thiazole rings is 1. The van der Waals surface area contributed by atoms with Gasteiger partial charge in [0.1, 0.15) is 11.4 Å². The van der Waals surface area contributed by atoms with Crippen LogP contribution in [0.3, 0.4) is 0 Å². The third kappa shape index (κ3) is 7.58. The van der Waals surface area contributed by atoms with Gasteiger partial charge in [-0.15, -0.1) is 0 Å². The van der Waals surface area contributed by atoms with Gasteiger partial charge in [0, 0.05) is 41.0 Å². The number of anilines is 2. The minimum Gasteiger partial charge on any atom is -0.497 e. The topological polar surface area (TPSA) is 108 Å². The number of hydrogen-bond donors (Lipinski definition) is 1. The number of ether oxygens (including phenoxy) is 2. The average molecular weight is 675 g/mol. The first-order valence-corrected chi connectivity index (χ1v) is 16.5. The number of nitrogens with zero attached hydrogens (tertiary/aromatic N) is 5. The first kappa shape index (κ1) is 32.5. The van der Waals surface area contributed by atoms with E-state index in [1.165, 1.54) is 30.2 Å². The lowest BCUT2D eigenvalue weighted by Gasteiger charge is -2.26. The molecule has 2 aromatic carbocycles. The molecule has 0 saturated heterocycles. The highest BCUT2D eigenvalue weighted by Crippen LogP contribution is 2.40. The monoisotopic (exact) mass is 674 g/mol. The predicted octanol–water partition coefficient (Wildman–Crippen LogP) is 8.78. The summed E-state index contributed by atoms with van der Waals surface area (Å²) < 4.78 is 27.8. The van der Waals surface area contributed by atoms with E-state index in [0.29, 0.717) is 22.3 Å². The molecule has 3 aromatic heterocycles. The van der Waals surface area contributed by atoms with Gasteiger partial charge in [0.05, 0.1) is 41.5 Å². The van der Waals surface area contributed by atoms with Crippen LogP contribution in [-0.4, -0.2) is 38.6 Å². The maximum atomic E-state index is 14.8. The van der Waals surface area contributed by atoms with Crippen molar-refractivity contribution in [2.45, 2.75) is 58.2 Å². The molecule has 0 aliphatic heterocycles. The molecule has 1 fully saturated rings. The van der Waals surface area contributed by atoms with Crippen LogP contribution < -0.4 is 15.4 Å². The lowest BCUT2D eigenvalue weighted by Crippen LogP contribution is -2.36. The standard InChI is InChI=1S/C35H36ClFN6O3S/c1-35(2,3)46-34(44)42(19-22-7-10-25(45-4)11-8-22)33-40-18-30(47-33)24-17-41-43(20-24)29(15-21-5-6-21)28-14-9-23(16-39-28)31-27(38)13-12-26(36)32(31)37/h7-14,16-18,20-21,29H,5-6,15,19,38H2,1-4H3. The Morgan fingerprint density at radius 2 is 1.85 bits per heavy atom. The van der Waals surface area contributed by atoms with Crippen LogP contribution in [0.5, 0.6) is 5.75 Å². The van der Waals surface area contributed by atoms with E-state index in [-0.39, 0.29) is 23.2 Å². The highest BCUT2D eigenvalue weighted by molar-refractivity contribution is 7.19. The number of hydrogen-bond acceptors (Lipinski definition) is 8. The molecule has 1 aliphatic carbocycles. The molecule has 1 atom stereocenters. The summed E-state index contributed by atoms with van der Waals surface area (Å²) in [5.74, 6) is 0.757. The molecule has 6 rings (SSSR count). The number of carbonyl (C=O) groups excluding carboxylic acids is 1. The number of carbonyl (C=O) groups is 1. The van der Waals surface area contributed by atoms with E-state index in [0.717, 1.165) is 33.9 Å². The molecule has 12 heteroatoms. The van der Waals surface area contributed by atoms with Crippen molar-refractivity contribution in [1.29, 1.82) is 0 Å². The van der Waals surface area contributed by atoms with Crippen molar-refractivity contribution in [2.75, 3.05) is 17.7 Å². The number of aromatic nitrogens is 4. The Morgan fingerprint density at radius 3 is 2.51 bits per heavy atom. The van der Waals surface area contributed by atoms with Crippen LogP contribution in [0.2, 0.25) is 5.02 Å². The van der Waals surface area contributed by atoms with E-state index in [1.54, 1.807) is 36.7 Å². The van der Waals surface area contributed by atoms with Crippen LogP contribution in [0.4, 0.5) is 20.0 Å². The molecule has 1 unspecified atom stereocenters. The summed E-state index contributed by atoms with van der Waals surface area (Å²) in [4.78, 5) is 25.1. The highest BCUT2D eigenvalue weighted by atomic mass is 35.5. The van der Waals surface area contributed by atoms with Crippen LogP contribution >= 0.6 is 22.9 Å². The van der Waals surface area contributed by atoms with Crippen molar-refractivity contribution in [2.24, 2.45) is 5.92 Å². The SMILES string of the molecule is COc1ccc(CN(C(=O)OC(C)(C)C)c2ncc(-c3cnn(C(CC4CC4)c4ccc(-c5c(N)ccc(Cl)c5F)cn4)c3)s2)cc1. The fourth-order valence-corrected chi connectivity index (χ4v) is 6.28. The number of methoxy groups -OCH3 is 1. The summed E-state index contributed by atoms with van der Waals surface area (Å²) in [5, 5.41) is 5.25. The second-order valence-corrected chi connectivity index (χ2v) is 14.0. The molecule has 3 heterocycles. The van der Waals surface area contributed by atoms with Crippen LogP contribution in [0.15, 0.2) is 73.3 Å². The van der Waals surface area contributed by atoms with Crippen molar-refractivity contribution in [3.8, 4) is 27.3 Å². The molecule has 0 spiro atoms. The Labute approximate surface area is 282 Å². The number of nitrogens with two attached hydrogens (primary N) is 1. The molecule has 0 bridgehead atoms. The Morgan fingerprint density at radius 1 is 1.09 bits per heavy atom. The lowest BCUT2D eigenvalue weighted by atomic mass is 10.0. The second kappa shape index (κ2) is 13.3. The minimum atomic E-state index is -0.672. The van der Waals surface area contributed by atoms with E-state index >= 15 is 0 Å². The van der Waals surface area contributed by atoms with Crippen molar-refractivity contribution >= 4 is 39.8 Å². The first-order valence-electron chi connectivity index (χ1n) is 15.3. The van der Waals surface area contributed by atoms with E-state index in [2.05, 4.69) is 4.98 Å². The maximum Gasteiger partial charge on any atom is 0.416 e. The van der Waals surface area contributed by atoms with Gasteiger partial charge in [-0.2, -0.15) is 5.10 Å². The van der Waals surface area contributed by atoms with E-state index in [4.69, 9.17) is 36.9 Å². The fraction of sp³-hybridized carbons (Fsp3) is 0.314. The van der Waals surface area contributed by atoms with Gasteiger partial charge in [-0.05, 0) is 69.0 Å².